The van der Waals surface area contributed by atoms with Crippen molar-refractivity contribution in [2.75, 3.05) is 17.2 Å². The zero-order valence-electron chi connectivity index (χ0n) is 23.6. The van der Waals surface area contributed by atoms with Gasteiger partial charge in [0.25, 0.3) is 11.8 Å². The molecular formula is C30H41N3O4S. The van der Waals surface area contributed by atoms with Gasteiger partial charge < -0.3 is 20.3 Å². The molecule has 3 amide bonds. The molecule has 0 aliphatic carbocycles. The van der Waals surface area contributed by atoms with Crippen LogP contribution in [0.3, 0.4) is 0 Å². The van der Waals surface area contributed by atoms with Gasteiger partial charge in [-0.25, -0.2) is 4.79 Å². The van der Waals surface area contributed by atoms with Gasteiger partial charge in [-0.15, -0.1) is 11.8 Å². The summed E-state index contributed by atoms with van der Waals surface area (Å²) in [7, 11) is 0. The Hall–Kier alpha value is -3.00. The monoisotopic (exact) mass is 539 g/mol. The first-order valence-electron chi connectivity index (χ1n) is 13.2. The van der Waals surface area contributed by atoms with Gasteiger partial charge in [-0.05, 0) is 61.9 Å². The number of nitrogens with one attached hydrogen (secondary N) is 2. The van der Waals surface area contributed by atoms with Gasteiger partial charge >= 0.3 is 6.09 Å². The Labute approximate surface area is 231 Å². The van der Waals surface area contributed by atoms with E-state index in [1.165, 1.54) is 17.3 Å². The minimum absolute atomic E-state index is 0.0165. The summed E-state index contributed by atoms with van der Waals surface area (Å²) in [5.74, 6) is -0.0570. The lowest BCUT2D eigenvalue weighted by Gasteiger charge is -2.27. The molecule has 0 spiro atoms. The second kappa shape index (κ2) is 12.2. The highest BCUT2D eigenvalue weighted by molar-refractivity contribution is 7.99. The van der Waals surface area contributed by atoms with E-state index in [-0.39, 0.29) is 17.2 Å². The van der Waals surface area contributed by atoms with E-state index >= 15 is 0 Å². The first-order valence-corrected chi connectivity index (χ1v) is 14.2. The Morgan fingerprint density at radius 3 is 2.34 bits per heavy atom. The number of benzene rings is 2. The first-order chi connectivity index (χ1) is 17.8. The molecular weight excluding hydrogens is 498 g/mol. The highest BCUT2D eigenvalue weighted by Gasteiger charge is 2.33. The highest BCUT2D eigenvalue weighted by Crippen LogP contribution is 2.36. The Kier molecular flexibility index (Phi) is 9.52. The predicted octanol–water partition coefficient (Wildman–Crippen LogP) is 6.05. The summed E-state index contributed by atoms with van der Waals surface area (Å²) in [4.78, 5) is 41.8. The van der Waals surface area contributed by atoms with E-state index in [1.54, 1.807) is 37.8 Å². The van der Waals surface area contributed by atoms with Crippen molar-refractivity contribution in [2.24, 2.45) is 0 Å². The SMILES string of the molecule is CCCCNC(=O)c1ccc2c(c1)N(Cc1ccc(C(C)(C)C)cc1)C(=O)[C@@H](NC(=O)OC(C)(C)C)CS2. The Morgan fingerprint density at radius 1 is 1.05 bits per heavy atom. The average Bonchev–Trinajstić information content (AvgIpc) is 2.94. The summed E-state index contributed by atoms with van der Waals surface area (Å²) in [6.45, 7) is 14.8. The molecule has 8 heteroatoms. The number of nitrogens with zero attached hydrogens (tertiary/aromatic N) is 1. The number of carbonyl (C=O) groups is 3. The lowest BCUT2D eigenvalue weighted by Crippen LogP contribution is -2.50. The smallest absolute Gasteiger partial charge is 0.408 e. The number of fused-ring (bicyclic) bond motifs is 1. The fourth-order valence-corrected chi connectivity index (χ4v) is 5.09. The van der Waals surface area contributed by atoms with Crippen molar-refractivity contribution >= 4 is 35.4 Å². The quantitative estimate of drug-likeness (QED) is 0.419. The average molecular weight is 540 g/mol. The predicted molar refractivity (Wildman–Crippen MR) is 154 cm³/mol. The molecule has 1 aliphatic rings. The molecule has 0 saturated carbocycles. The van der Waals surface area contributed by atoms with Crippen LogP contribution in [0.25, 0.3) is 0 Å². The van der Waals surface area contributed by atoms with Crippen molar-refractivity contribution < 1.29 is 19.1 Å². The molecule has 0 fully saturated rings. The third kappa shape index (κ3) is 8.00. The van der Waals surface area contributed by atoms with E-state index < -0.39 is 17.7 Å². The maximum atomic E-state index is 13.9. The van der Waals surface area contributed by atoms with Crippen LogP contribution >= 0.6 is 11.8 Å². The zero-order chi connectivity index (χ0) is 28.1. The molecule has 0 radical (unpaired) electrons. The molecule has 1 heterocycles. The Bertz CT molecular complexity index is 1150. The minimum Gasteiger partial charge on any atom is -0.444 e. The van der Waals surface area contributed by atoms with E-state index in [2.05, 4.69) is 50.5 Å². The van der Waals surface area contributed by atoms with Crippen LogP contribution in [-0.2, 0) is 21.5 Å². The van der Waals surface area contributed by atoms with Gasteiger partial charge in [0.15, 0.2) is 0 Å². The third-order valence-electron chi connectivity index (χ3n) is 6.15. The zero-order valence-corrected chi connectivity index (χ0v) is 24.5. The summed E-state index contributed by atoms with van der Waals surface area (Å²) in [6, 6.07) is 12.9. The number of hydrogen-bond acceptors (Lipinski definition) is 5. The van der Waals surface area contributed by atoms with Crippen LogP contribution in [0.2, 0.25) is 0 Å². The molecule has 1 atom stereocenters. The second-order valence-electron chi connectivity index (χ2n) is 11.7. The van der Waals surface area contributed by atoms with Crippen molar-refractivity contribution in [1.29, 1.82) is 0 Å². The number of carbonyl (C=O) groups excluding carboxylic acids is 3. The van der Waals surface area contributed by atoms with Crippen LogP contribution in [0, 0.1) is 0 Å². The van der Waals surface area contributed by atoms with Crippen LogP contribution in [-0.4, -0.2) is 41.8 Å². The van der Waals surface area contributed by atoms with E-state index in [0.29, 0.717) is 30.1 Å². The van der Waals surface area contributed by atoms with Gasteiger partial charge in [-0.3, -0.25) is 9.59 Å². The minimum atomic E-state index is -0.780. The maximum Gasteiger partial charge on any atom is 0.408 e. The van der Waals surface area contributed by atoms with Gasteiger partial charge in [0.1, 0.15) is 11.6 Å². The number of ether oxygens (including phenoxy) is 1. The normalized spacial score (nSPS) is 15.9. The van der Waals surface area contributed by atoms with Gasteiger partial charge in [0.05, 0.1) is 12.2 Å². The lowest BCUT2D eigenvalue weighted by molar-refractivity contribution is -0.120. The fourth-order valence-electron chi connectivity index (χ4n) is 4.03. The first kappa shape index (κ1) is 29.6. The molecule has 3 rings (SSSR count). The van der Waals surface area contributed by atoms with E-state index in [4.69, 9.17) is 4.74 Å². The fraction of sp³-hybridized carbons (Fsp3) is 0.500. The van der Waals surface area contributed by atoms with Crippen LogP contribution in [0.4, 0.5) is 10.5 Å². The summed E-state index contributed by atoms with van der Waals surface area (Å²) in [5.41, 5.74) is 2.66. The van der Waals surface area contributed by atoms with Crippen LogP contribution < -0.4 is 15.5 Å². The van der Waals surface area contributed by atoms with E-state index in [1.807, 2.05) is 18.2 Å². The maximum absolute atomic E-state index is 13.9. The van der Waals surface area contributed by atoms with Crippen molar-refractivity contribution in [3.63, 3.8) is 0 Å². The second-order valence-corrected chi connectivity index (χ2v) is 12.7. The largest absolute Gasteiger partial charge is 0.444 e. The number of anilines is 1. The highest BCUT2D eigenvalue weighted by atomic mass is 32.2. The van der Waals surface area contributed by atoms with Crippen molar-refractivity contribution in [3.8, 4) is 0 Å². The summed E-state index contributed by atoms with van der Waals surface area (Å²) >= 11 is 1.48. The molecule has 2 N–H and O–H groups in total. The number of amides is 3. The number of unbranched alkanes of at least 4 members (excludes halogenated alkanes) is 1. The van der Waals surface area contributed by atoms with Crippen LogP contribution in [0.1, 0.15) is 82.8 Å². The van der Waals surface area contributed by atoms with Gasteiger partial charge in [0.2, 0.25) is 0 Å². The lowest BCUT2D eigenvalue weighted by atomic mass is 9.87. The van der Waals surface area contributed by atoms with Crippen LogP contribution in [0.15, 0.2) is 47.4 Å². The summed E-state index contributed by atoms with van der Waals surface area (Å²) < 4.78 is 5.42. The molecule has 2 aromatic rings. The van der Waals surface area contributed by atoms with Gasteiger partial charge in [0, 0.05) is 22.8 Å². The molecule has 7 nitrogen and oxygen atoms in total. The molecule has 1 aliphatic heterocycles. The molecule has 2 aromatic carbocycles. The molecule has 0 saturated heterocycles. The molecule has 0 unspecified atom stereocenters. The molecule has 0 bridgehead atoms. The number of rotatable bonds is 7. The Morgan fingerprint density at radius 2 is 1.74 bits per heavy atom. The van der Waals surface area contributed by atoms with Gasteiger partial charge in [-0.2, -0.15) is 0 Å². The van der Waals surface area contributed by atoms with E-state index in [9.17, 15) is 14.4 Å². The number of alkyl carbamates (subject to hydrolysis) is 1. The van der Waals surface area contributed by atoms with E-state index in [0.717, 1.165) is 23.3 Å². The summed E-state index contributed by atoms with van der Waals surface area (Å²) in [5, 5.41) is 5.72. The standard InChI is InChI=1S/C30H41N3O4S/c1-8-9-16-31-26(34)21-12-15-25-24(17-21)33(18-20-10-13-22(14-11-20)29(2,3)4)27(35)23(19-38-25)32-28(36)37-30(5,6)7/h10-15,17,23H,8-9,16,18-19H2,1-7H3,(H,31,34)(H,32,36)/t23-/m0/s1. The molecule has 38 heavy (non-hydrogen) atoms. The van der Waals surface area contributed by atoms with Crippen molar-refractivity contribution in [2.45, 2.75) is 89.8 Å². The number of thioether (sulfide) groups is 1. The third-order valence-corrected chi connectivity index (χ3v) is 7.31. The topological polar surface area (TPSA) is 87.7 Å². The van der Waals surface area contributed by atoms with Crippen molar-refractivity contribution in [3.05, 3.63) is 59.2 Å². The molecule has 206 valence electrons. The number of hydrogen-bond donors (Lipinski definition) is 2. The summed E-state index contributed by atoms with van der Waals surface area (Å²) in [6.07, 6.45) is 1.26. The Balaban J connectivity index is 1.94. The van der Waals surface area contributed by atoms with Crippen LogP contribution in [0.5, 0.6) is 0 Å². The molecule has 0 aromatic heterocycles. The van der Waals surface area contributed by atoms with Gasteiger partial charge in [-0.1, -0.05) is 58.4 Å². The van der Waals surface area contributed by atoms with Crippen molar-refractivity contribution in [1.82, 2.24) is 10.6 Å².